The normalized spacial score (nSPS) is 19.3. The predicted octanol–water partition coefficient (Wildman–Crippen LogP) is 2.94. The third kappa shape index (κ3) is 3.93. The first kappa shape index (κ1) is 15.3. The summed E-state index contributed by atoms with van der Waals surface area (Å²) in [5, 5.41) is 0. The summed E-state index contributed by atoms with van der Waals surface area (Å²) in [7, 11) is 1.39. The summed E-state index contributed by atoms with van der Waals surface area (Å²) in [6, 6.07) is 3.90. The van der Waals surface area contributed by atoms with Crippen molar-refractivity contribution in [3.63, 3.8) is 0 Å². The lowest BCUT2D eigenvalue weighted by Gasteiger charge is -2.30. The molecule has 4 nitrogen and oxygen atoms in total. The third-order valence-electron chi connectivity index (χ3n) is 3.25. The molecule has 6 heteroatoms. The molecular formula is C14H16BrNO3S. The van der Waals surface area contributed by atoms with Gasteiger partial charge in [0.1, 0.15) is 0 Å². The summed E-state index contributed by atoms with van der Waals surface area (Å²) in [5.41, 5.74) is 0. The monoisotopic (exact) mass is 357 g/mol. The van der Waals surface area contributed by atoms with Gasteiger partial charge in [-0.15, -0.1) is 11.3 Å². The van der Waals surface area contributed by atoms with E-state index in [1.54, 1.807) is 28.4 Å². The number of esters is 1. The number of rotatable bonds is 3. The molecule has 1 amide bonds. The van der Waals surface area contributed by atoms with E-state index in [9.17, 15) is 9.59 Å². The van der Waals surface area contributed by atoms with Crippen molar-refractivity contribution in [2.45, 2.75) is 12.8 Å². The van der Waals surface area contributed by atoms with Crippen LogP contribution >= 0.6 is 27.3 Å². The Hall–Kier alpha value is -1.14. The molecule has 2 heterocycles. The number of nitrogens with zero attached hydrogens (tertiary/aromatic N) is 1. The smallest absolute Gasteiger partial charge is 0.310 e. The SMILES string of the molecule is COC(=O)[C@H]1CCCN(C(=O)/C=C/c2ccc(Br)s2)C1. The van der Waals surface area contributed by atoms with Crippen LogP contribution in [0.15, 0.2) is 22.0 Å². The summed E-state index contributed by atoms with van der Waals surface area (Å²) >= 11 is 4.96. The van der Waals surface area contributed by atoms with E-state index < -0.39 is 0 Å². The highest BCUT2D eigenvalue weighted by Gasteiger charge is 2.28. The summed E-state index contributed by atoms with van der Waals surface area (Å²) in [5.74, 6) is -0.473. The fourth-order valence-electron chi connectivity index (χ4n) is 2.21. The highest BCUT2D eigenvalue weighted by Crippen LogP contribution is 2.23. The minimum Gasteiger partial charge on any atom is -0.469 e. The fourth-order valence-corrected chi connectivity index (χ4v) is 3.54. The van der Waals surface area contributed by atoms with E-state index in [1.165, 1.54) is 7.11 Å². The summed E-state index contributed by atoms with van der Waals surface area (Å²) < 4.78 is 5.79. The maximum absolute atomic E-state index is 12.1. The Morgan fingerprint density at radius 3 is 2.95 bits per heavy atom. The van der Waals surface area contributed by atoms with Gasteiger partial charge in [-0.25, -0.2) is 0 Å². The molecule has 0 radical (unpaired) electrons. The van der Waals surface area contributed by atoms with Gasteiger partial charge in [-0.2, -0.15) is 0 Å². The molecule has 0 aliphatic carbocycles. The van der Waals surface area contributed by atoms with E-state index in [1.807, 2.05) is 12.1 Å². The van der Waals surface area contributed by atoms with E-state index in [2.05, 4.69) is 15.9 Å². The van der Waals surface area contributed by atoms with E-state index in [-0.39, 0.29) is 17.8 Å². The van der Waals surface area contributed by atoms with Crippen LogP contribution in [0.4, 0.5) is 0 Å². The van der Waals surface area contributed by atoms with Gasteiger partial charge in [0.2, 0.25) is 5.91 Å². The van der Waals surface area contributed by atoms with Crippen molar-refractivity contribution in [2.24, 2.45) is 5.92 Å². The Balaban J connectivity index is 1.95. The van der Waals surface area contributed by atoms with Crippen LogP contribution in [0.5, 0.6) is 0 Å². The molecule has 1 aliphatic heterocycles. The number of halogens is 1. The van der Waals surface area contributed by atoms with Crippen LogP contribution in [-0.2, 0) is 14.3 Å². The highest BCUT2D eigenvalue weighted by molar-refractivity contribution is 9.11. The van der Waals surface area contributed by atoms with Gasteiger partial charge in [0.15, 0.2) is 0 Å². The Morgan fingerprint density at radius 2 is 2.30 bits per heavy atom. The van der Waals surface area contributed by atoms with Crippen molar-refractivity contribution in [2.75, 3.05) is 20.2 Å². The van der Waals surface area contributed by atoms with Crippen molar-refractivity contribution in [3.8, 4) is 0 Å². The van der Waals surface area contributed by atoms with E-state index in [0.717, 1.165) is 21.5 Å². The molecule has 0 aromatic carbocycles. The molecule has 0 saturated carbocycles. The fraction of sp³-hybridized carbons (Fsp3) is 0.429. The second-order valence-electron chi connectivity index (χ2n) is 4.62. The Labute approximate surface area is 130 Å². The number of carbonyl (C=O) groups is 2. The number of ether oxygens (including phenoxy) is 1. The lowest BCUT2D eigenvalue weighted by atomic mass is 9.98. The zero-order valence-electron chi connectivity index (χ0n) is 11.2. The summed E-state index contributed by atoms with van der Waals surface area (Å²) in [6.45, 7) is 1.15. The number of likely N-dealkylation sites (tertiary alicyclic amines) is 1. The Morgan fingerprint density at radius 1 is 1.50 bits per heavy atom. The molecular weight excluding hydrogens is 342 g/mol. The van der Waals surface area contributed by atoms with Gasteiger partial charge in [0.05, 0.1) is 16.8 Å². The lowest BCUT2D eigenvalue weighted by Crippen LogP contribution is -2.41. The molecule has 0 N–H and O–H groups in total. The topological polar surface area (TPSA) is 46.6 Å². The first-order valence-corrected chi connectivity index (χ1v) is 8.01. The number of thiophene rings is 1. The Kier molecular flexibility index (Phi) is 5.37. The second-order valence-corrected chi connectivity index (χ2v) is 7.12. The van der Waals surface area contributed by atoms with Crippen LogP contribution in [0.1, 0.15) is 17.7 Å². The average Bonchev–Trinajstić information content (AvgIpc) is 2.89. The van der Waals surface area contributed by atoms with Gasteiger partial charge < -0.3 is 9.64 Å². The molecule has 2 rings (SSSR count). The molecule has 0 unspecified atom stereocenters. The second kappa shape index (κ2) is 7.04. The number of piperidine rings is 1. The minimum atomic E-state index is -0.228. The molecule has 1 atom stereocenters. The van der Waals surface area contributed by atoms with Crippen LogP contribution in [0, 0.1) is 5.92 Å². The highest BCUT2D eigenvalue weighted by atomic mass is 79.9. The van der Waals surface area contributed by atoms with Crippen molar-refractivity contribution < 1.29 is 14.3 Å². The number of amides is 1. The Bertz CT molecular complexity index is 526. The van der Waals surface area contributed by atoms with Crippen LogP contribution in [0.2, 0.25) is 0 Å². The van der Waals surface area contributed by atoms with Crippen LogP contribution in [-0.4, -0.2) is 37.0 Å². The van der Waals surface area contributed by atoms with Gasteiger partial charge >= 0.3 is 5.97 Å². The van der Waals surface area contributed by atoms with E-state index in [4.69, 9.17) is 4.74 Å². The van der Waals surface area contributed by atoms with Gasteiger partial charge in [-0.3, -0.25) is 9.59 Å². The minimum absolute atomic E-state index is 0.0527. The summed E-state index contributed by atoms with van der Waals surface area (Å²) in [4.78, 5) is 26.4. The summed E-state index contributed by atoms with van der Waals surface area (Å²) in [6.07, 6.45) is 5.00. The van der Waals surface area contributed by atoms with Crippen LogP contribution in [0.3, 0.4) is 0 Å². The van der Waals surface area contributed by atoms with Crippen molar-refractivity contribution in [3.05, 3.63) is 26.9 Å². The molecule has 1 fully saturated rings. The van der Waals surface area contributed by atoms with Gasteiger partial charge in [0.25, 0.3) is 0 Å². The molecule has 1 saturated heterocycles. The standard InChI is InChI=1S/C14H16BrNO3S/c1-19-14(18)10-3-2-8-16(9-10)13(17)7-5-11-4-6-12(15)20-11/h4-7,10H,2-3,8-9H2,1H3/b7-5+/t10-/m0/s1. The first-order chi connectivity index (χ1) is 9.60. The van der Waals surface area contributed by atoms with Crippen molar-refractivity contribution in [1.82, 2.24) is 4.90 Å². The molecule has 1 aliphatic rings. The number of hydrogen-bond acceptors (Lipinski definition) is 4. The van der Waals surface area contributed by atoms with Gasteiger partial charge in [0, 0.05) is 24.0 Å². The maximum Gasteiger partial charge on any atom is 0.310 e. The molecule has 1 aromatic heterocycles. The molecule has 0 spiro atoms. The number of carbonyl (C=O) groups excluding carboxylic acids is 2. The largest absolute Gasteiger partial charge is 0.469 e. The first-order valence-electron chi connectivity index (χ1n) is 6.40. The zero-order valence-corrected chi connectivity index (χ0v) is 13.6. The molecule has 1 aromatic rings. The lowest BCUT2D eigenvalue weighted by molar-refractivity contribution is -0.148. The molecule has 108 valence electrons. The van der Waals surface area contributed by atoms with Gasteiger partial charge in [-0.05, 0) is 47.0 Å². The van der Waals surface area contributed by atoms with Crippen LogP contribution < -0.4 is 0 Å². The maximum atomic E-state index is 12.1. The van der Waals surface area contributed by atoms with E-state index >= 15 is 0 Å². The quantitative estimate of drug-likeness (QED) is 0.617. The zero-order chi connectivity index (χ0) is 14.5. The number of hydrogen-bond donors (Lipinski definition) is 0. The third-order valence-corrected chi connectivity index (χ3v) is 4.84. The molecule has 0 bridgehead atoms. The average molecular weight is 358 g/mol. The van der Waals surface area contributed by atoms with E-state index in [0.29, 0.717) is 13.1 Å². The van der Waals surface area contributed by atoms with Crippen molar-refractivity contribution in [1.29, 1.82) is 0 Å². The number of methoxy groups -OCH3 is 1. The van der Waals surface area contributed by atoms with Crippen molar-refractivity contribution >= 4 is 45.2 Å². The molecule has 20 heavy (non-hydrogen) atoms. The predicted molar refractivity (Wildman–Crippen MR) is 82.4 cm³/mol. The van der Waals surface area contributed by atoms with Gasteiger partial charge in [-0.1, -0.05) is 0 Å². The van der Waals surface area contributed by atoms with Crippen LogP contribution in [0.25, 0.3) is 6.08 Å².